The minimum absolute atomic E-state index is 0.00505. The zero-order valence-corrected chi connectivity index (χ0v) is 14.7. The van der Waals surface area contributed by atoms with Gasteiger partial charge in [0.05, 0.1) is 16.4 Å². The van der Waals surface area contributed by atoms with Gasteiger partial charge in [-0.15, -0.1) is 0 Å². The van der Waals surface area contributed by atoms with Crippen LogP contribution in [0, 0.1) is 10.1 Å². The standard InChI is InChI=1S/C18H15N3O4S/c1-2-25-15-6-4-3-5-14(15)19-18-20-17(22)16(26-18)11-12-7-9-13(10-8-12)21(23)24/h3-11H,2H2,1H3,(H,19,20,22)/b16-11+. The highest BCUT2D eigenvalue weighted by Gasteiger charge is 2.24. The van der Waals surface area contributed by atoms with E-state index in [0.29, 0.717) is 33.7 Å². The summed E-state index contributed by atoms with van der Waals surface area (Å²) in [6.45, 7) is 2.41. The van der Waals surface area contributed by atoms with E-state index in [1.54, 1.807) is 18.2 Å². The minimum Gasteiger partial charge on any atom is -0.492 e. The van der Waals surface area contributed by atoms with Crippen LogP contribution in [-0.2, 0) is 4.79 Å². The third-order valence-electron chi connectivity index (χ3n) is 3.44. The molecule has 1 aliphatic heterocycles. The van der Waals surface area contributed by atoms with E-state index in [-0.39, 0.29) is 11.6 Å². The lowest BCUT2D eigenvalue weighted by Gasteiger charge is -2.06. The summed E-state index contributed by atoms with van der Waals surface area (Å²) in [5.41, 5.74) is 1.34. The van der Waals surface area contributed by atoms with Crippen LogP contribution in [0.2, 0.25) is 0 Å². The van der Waals surface area contributed by atoms with Gasteiger partial charge in [0, 0.05) is 12.1 Å². The van der Waals surface area contributed by atoms with Crippen molar-refractivity contribution >= 4 is 40.3 Å². The van der Waals surface area contributed by atoms with Gasteiger partial charge in [0.25, 0.3) is 11.6 Å². The molecule has 0 radical (unpaired) electrons. The van der Waals surface area contributed by atoms with Gasteiger partial charge >= 0.3 is 0 Å². The second-order valence-electron chi connectivity index (χ2n) is 5.23. The van der Waals surface area contributed by atoms with Crippen molar-refractivity contribution < 1.29 is 14.5 Å². The van der Waals surface area contributed by atoms with E-state index in [1.807, 2.05) is 31.2 Å². The van der Waals surface area contributed by atoms with E-state index in [2.05, 4.69) is 10.3 Å². The number of carbonyl (C=O) groups excluding carboxylic acids is 1. The van der Waals surface area contributed by atoms with Crippen molar-refractivity contribution in [2.45, 2.75) is 6.92 Å². The predicted octanol–water partition coefficient (Wildman–Crippen LogP) is 3.89. The van der Waals surface area contributed by atoms with E-state index in [4.69, 9.17) is 4.74 Å². The molecule has 7 nitrogen and oxygen atoms in total. The van der Waals surface area contributed by atoms with Crippen molar-refractivity contribution in [2.75, 3.05) is 6.61 Å². The summed E-state index contributed by atoms with van der Waals surface area (Å²) in [6, 6.07) is 13.3. The van der Waals surface area contributed by atoms with Gasteiger partial charge in [-0.2, -0.15) is 0 Å². The van der Waals surface area contributed by atoms with Crippen LogP contribution in [0.5, 0.6) is 5.75 Å². The SMILES string of the molecule is CCOc1ccccc1N=C1NC(=O)/C(=C\c2ccc([N+](=O)[O-])cc2)S1. The average Bonchev–Trinajstić information content (AvgIpc) is 2.96. The third-order valence-corrected chi connectivity index (χ3v) is 4.35. The third kappa shape index (κ3) is 4.09. The first-order chi connectivity index (χ1) is 12.6. The van der Waals surface area contributed by atoms with Crippen LogP contribution in [0.3, 0.4) is 0 Å². The van der Waals surface area contributed by atoms with E-state index in [1.165, 1.54) is 23.9 Å². The Morgan fingerprint density at radius 3 is 2.65 bits per heavy atom. The number of para-hydroxylation sites is 2. The van der Waals surface area contributed by atoms with Crippen LogP contribution in [0.4, 0.5) is 11.4 Å². The molecule has 3 rings (SSSR count). The van der Waals surface area contributed by atoms with Crippen LogP contribution in [0.25, 0.3) is 6.08 Å². The van der Waals surface area contributed by atoms with Gasteiger partial charge in [-0.25, -0.2) is 4.99 Å². The molecule has 1 N–H and O–H groups in total. The first kappa shape index (κ1) is 17.7. The molecule has 8 heteroatoms. The molecule has 1 heterocycles. The molecule has 0 spiro atoms. The fourth-order valence-electron chi connectivity index (χ4n) is 2.26. The second-order valence-corrected chi connectivity index (χ2v) is 6.26. The molecule has 1 fully saturated rings. The quantitative estimate of drug-likeness (QED) is 0.490. The number of nitrogens with zero attached hydrogens (tertiary/aromatic N) is 2. The maximum atomic E-state index is 12.1. The number of carbonyl (C=O) groups is 1. The smallest absolute Gasteiger partial charge is 0.269 e. The van der Waals surface area contributed by atoms with Crippen LogP contribution in [-0.4, -0.2) is 22.6 Å². The zero-order valence-electron chi connectivity index (χ0n) is 13.8. The molecule has 1 saturated heterocycles. The molecular formula is C18H15N3O4S. The summed E-state index contributed by atoms with van der Waals surface area (Å²) >= 11 is 1.21. The van der Waals surface area contributed by atoms with Gasteiger partial charge in [0.2, 0.25) is 0 Å². The van der Waals surface area contributed by atoms with E-state index in [0.717, 1.165) is 0 Å². The van der Waals surface area contributed by atoms with Crippen LogP contribution < -0.4 is 10.1 Å². The van der Waals surface area contributed by atoms with E-state index < -0.39 is 4.92 Å². The number of nitro benzene ring substituents is 1. The zero-order chi connectivity index (χ0) is 18.5. The molecular weight excluding hydrogens is 354 g/mol. The number of aliphatic imine (C=N–C) groups is 1. The minimum atomic E-state index is -0.464. The molecule has 0 aliphatic carbocycles. The molecule has 0 unspecified atom stereocenters. The molecule has 0 bridgehead atoms. The van der Waals surface area contributed by atoms with Crippen molar-refractivity contribution in [2.24, 2.45) is 4.99 Å². The monoisotopic (exact) mass is 369 g/mol. The summed E-state index contributed by atoms with van der Waals surface area (Å²) in [5.74, 6) is 0.381. The van der Waals surface area contributed by atoms with Gasteiger partial charge in [0.15, 0.2) is 5.17 Å². The normalized spacial score (nSPS) is 16.7. The number of thioether (sulfide) groups is 1. The topological polar surface area (TPSA) is 93.8 Å². The molecule has 1 amide bonds. The highest BCUT2D eigenvalue weighted by molar-refractivity contribution is 8.18. The molecule has 0 saturated carbocycles. The summed E-state index contributed by atoms with van der Waals surface area (Å²) in [7, 11) is 0. The number of nitro groups is 1. The molecule has 0 atom stereocenters. The largest absolute Gasteiger partial charge is 0.492 e. The fraction of sp³-hybridized carbons (Fsp3) is 0.111. The number of nitrogens with one attached hydrogen (secondary N) is 1. The number of benzene rings is 2. The highest BCUT2D eigenvalue weighted by Crippen LogP contribution is 2.32. The number of hydrogen-bond acceptors (Lipinski definition) is 6. The van der Waals surface area contributed by atoms with Gasteiger partial charge in [-0.3, -0.25) is 14.9 Å². The van der Waals surface area contributed by atoms with Crippen molar-refractivity contribution in [3.63, 3.8) is 0 Å². The van der Waals surface area contributed by atoms with Gasteiger partial charge < -0.3 is 10.1 Å². The van der Waals surface area contributed by atoms with Crippen LogP contribution in [0.1, 0.15) is 12.5 Å². The number of non-ortho nitro benzene ring substituents is 1. The Balaban J connectivity index is 1.81. The molecule has 26 heavy (non-hydrogen) atoms. The van der Waals surface area contributed by atoms with Gasteiger partial charge in [0.1, 0.15) is 11.4 Å². The Hall–Kier alpha value is -3.13. The second kappa shape index (κ2) is 7.83. The van der Waals surface area contributed by atoms with Crippen molar-refractivity contribution in [1.29, 1.82) is 0 Å². The van der Waals surface area contributed by atoms with E-state index >= 15 is 0 Å². The summed E-state index contributed by atoms with van der Waals surface area (Å²) in [4.78, 5) is 27.3. The first-order valence-corrected chi connectivity index (χ1v) is 8.64. The lowest BCUT2D eigenvalue weighted by atomic mass is 10.2. The van der Waals surface area contributed by atoms with E-state index in [9.17, 15) is 14.9 Å². The first-order valence-electron chi connectivity index (χ1n) is 7.82. The van der Waals surface area contributed by atoms with Crippen molar-refractivity contribution in [3.05, 3.63) is 69.1 Å². The average molecular weight is 369 g/mol. The van der Waals surface area contributed by atoms with Crippen LogP contribution >= 0.6 is 11.8 Å². The highest BCUT2D eigenvalue weighted by atomic mass is 32.2. The van der Waals surface area contributed by atoms with Gasteiger partial charge in [-0.05, 0) is 54.6 Å². The fourth-order valence-corrected chi connectivity index (χ4v) is 3.10. The Bertz CT molecular complexity index is 907. The number of hydrogen-bond donors (Lipinski definition) is 1. The lowest BCUT2D eigenvalue weighted by Crippen LogP contribution is -2.19. The van der Waals surface area contributed by atoms with Crippen LogP contribution in [0.15, 0.2) is 58.4 Å². The Morgan fingerprint density at radius 1 is 1.23 bits per heavy atom. The maximum absolute atomic E-state index is 12.1. The molecule has 1 aliphatic rings. The Kier molecular flexibility index (Phi) is 5.33. The Morgan fingerprint density at radius 2 is 1.96 bits per heavy atom. The maximum Gasteiger partial charge on any atom is 0.269 e. The predicted molar refractivity (Wildman–Crippen MR) is 102 cm³/mol. The van der Waals surface area contributed by atoms with Crippen molar-refractivity contribution in [3.8, 4) is 5.75 Å². The molecule has 132 valence electrons. The summed E-state index contributed by atoms with van der Waals surface area (Å²) < 4.78 is 5.53. The number of rotatable bonds is 5. The molecule has 2 aromatic carbocycles. The lowest BCUT2D eigenvalue weighted by molar-refractivity contribution is -0.384. The Labute approximate surface area is 153 Å². The molecule has 0 aromatic heterocycles. The number of amidine groups is 1. The summed E-state index contributed by atoms with van der Waals surface area (Å²) in [6.07, 6.45) is 1.67. The number of amides is 1. The van der Waals surface area contributed by atoms with Gasteiger partial charge in [-0.1, -0.05) is 12.1 Å². The summed E-state index contributed by atoms with van der Waals surface area (Å²) in [5, 5.41) is 13.9. The van der Waals surface area contributed by atoms with Crippen molar-refractivity contribution in [1.82, 2.24) is 5.32 Å². The molecule has 2 aromatic rings. The number of ether oxygens (including phenoxy) is 1.